The molecule has 1 aromatic carbocycles. The zero-order valence-corrected chi connectivity index (χ0v) is 10.7. The third-order valence-corrected chi connectivity index (χ3v) is 5.49. The van der Waals surface area contributed by atoms with Crippen molar-refractivity contribution in [2.75, 3.05) is 0 Å². The van der Waals surface area contributed by atoms with Gasteiger partial charge in [-0.05, 0) is 30.2 Å². The fourth-order valence-electron chi connectivity index (χ4n) is 4.41. The highest BCUT2D eigenvalue weighted by atomic mass is 16.3. The number of imidazole rings is 1. The highest BCUT2D eigenvalue weighted by Gasteiger charge is 2.64. The van der Waals surface area contributed by atoms with Gasteiger partial charge in [0, 0.05) is 11.5 Å². The second-order valence-electron chi connectivity index (χ2n) is 6.38. The maximum absolute atomic E-state index is 10.3. The van der Waals surface area contributed by atoms with E-state index in [0.717, 1.165) is 6.42 Å². The standard InChI is InChI=1S/C16H16N2O/c19-13-7-16(5-6-16)14(13)15-11-4-2-1-3-10(11)12-8-17-9-18(12)15/h1-4,8-9,13-15,19H,5-7H2. The van der Waals surface area contributed by atoms with Crippen molar-refractivity contribution in [2.45, 2.75) is 31.4 Å². The number of hydrogen-bond acceptors (Lipinski definition) is 2. The van der Waals surface area contributed by atoms with Crippen molar-refractivity contribution in [2.24, 2.45) is 11.3 Å². The molecule has 3 atom stereocenters. The Labute approximate surface area is 111 Å². The van der Waals surface area contributed by atoms with E-state index < -0.39 is 0 Å². The van der Waals surface area contributed by atoms with E-state index in [9.17, 15) is 5.11 Å². The van der Waals surface area contributed by atoms with Crippen LogP contribution < -0.4 is 0 Å². The SMILES string of the molecule is OC1CC2(CC2)C1C1c2ccccc2-c2cncn21. The zero-order valence-electron chi connectivity index (χ0n) is 10.7. The van der Waals surface area contributed by atoms with Gasteiger partial charge in [-0.15, -0.1) is 0 Å². The van der Waals surface area contributed by atoms with E-state index in [2.05, 4.69) is 33.8 Å². The number of nitrogens with zero attached hydrogens (tertiary/aromatic N) is 2. The maximum Gasteiger partial charge on any atom is 0.0956 e. The Kier molecular flexibility index (Phi) is 1.67. The minimum Gasteiger partial charge on any atom is -0.393 e. The molecule has 3 unspecified atom stereocenters. The van der Waals surface area contributed by atoms with E-state index in [1.54, 1.807) is 0 Å². The number of aliphatic hydroxyl groups is 1. The van der Waals surface area contributed by atoms with Gasteiger partial charge in [-0.2, -0.15) is 0 Å². The molecule has 5 rings (SSSR count). The Morgan fingerprint density at radius 2 is 2.11 bits per heavy atom. The van der Waals surface area contributed by atoms with Crippen LogP contribution in [0.25, 0.3) is 11.3 Å². The molecule has 1 spiro atoms. The lowest BCUT2D eigenvalue weighted by Gasteiger charge is -2.46. The second kappa shape index (κ2) is 3.10. The number of aliphatic hydroxyl groups excluding tert-OH is 1. The molecule has 3 nitrogen and oxygen atoms in total. The number of benzene rings is 1. The van der Waals surface area contributed by atoms with Crippen LogP contribution in [0.3, 0.4) is 0 Å². The molecular formula is C16H16N2O. The first-order valence-electron chi connectivity index (χ1n) is 7.09. The van der Waals surface area contributed by atoms with Crippen LogP contribution in [0, 0.1) is 11.3 Å². The van der Waals surface area contributed by atoms with Crippen LogP contribution in [0.5, 0.6) is 0 Å². The second-order valence-corrected chi connectivity index (χ2v) is 6.38. The van der Waals surface area contributed by atoms with Gasteiger partial charge in [-0.25, -0.2) is 4.98 Å². The third kappa shape index (κ3) is 1.11. The minimum atomic E-state index is -0.145. The molecule has 1 aliphatic heterocycles. The first-order valence-corrected chi connectivity index (χ1v) is 7.09. The molecule has 0 amide bonds. The van der Waals surface area contributed by atoms with Gasteiger partial charge < -0.3 is 9.67 Å². The largest absolute Gasteiger partial charge is 0.393 e. The lowest BCUT2D eigenvalue weighted by Crippen LogP contribution is -2.47. The zero-order chi connectivity index (χ0) is 12.6. The fourth-order valence-corrected chi connectivity index (χ4v) is 4.41. The summed E-state index contributed by atoms with van der Waals surface area (Å²) < 4.78 is 2.28. The first-order chi connectivity index (χ1) is 9.30. The van der Waals surface area contributed by atoms with E-state index in [4.69, 9.17) is 0 Å². The molecule has 2 fully saturated rings. The van der Waals surface area contributed by atoms with Gasteiger partial charge in [0.15, 0.2) is 0 Å². The number of hydrogen-bond donors (Lipinski definition) is 1. The van der Waals surface area contributed by atoms with E-state index in [-0.39, 0.29) is 6.10 Å². The summed E-state index contributed by atoms with van der Waals surface area (Å²) in [4.78, 5) is 4.31. The Hall–Kier alpha value is -1.61. The normalized spacial score (nSPS) is 32.8. The molecule has 0 radical (unpaired) electrons. The average Bonchev–Trinajstić information content (AvgIpc) is 2.97. The van der Waals surface area contributed by atoms with Crippen LogP contribution in [0.2, 0.25) is 0 Å². The molecule has 2 heterocycles. The van der Waals surface area contributed by atoms with Crippen molar-refractivity contribution in [3.63, 3.8) is 0 Å². The van der Waals surface area contributed by atoms with Crippen molar-refractivity contribution in [1.82, 2.24) is 9.55 Å². The highest BCUT2D eigenvalue weighted by molar-refractivity contribution is 5.69. The molecule has 19 heavy (non-hydrogen) atoms. The summed E-state index contributed by atoms with van der Waals surface area (Å²) in [5.74, 6) is 0.379. The average molecular weight is 252 g/mol. The topological polar surface area (TPSA) is 38.1 Å². The molecule has 2 aromatic rings. The summed E-state index contributed by atoms with van der Waals surface area (Å²) in [6.45, 7) is 0. The van der Waals surface area contributed by atoms with Crippen molar-refractivity contribution in [3.05, 3.63) is 42.4 Å². The molecule has 0 bridgehead atoms. The van der Waals surface area contributed by atoms with Crippen LogP contribution in [0.15, 0.2) is 36.8 Å². The molecular weight excluding hydrogens is 236 g/mol. The smallest absolute Gasteiger partial charge is 0.0956 e. The first kappa shape index (κ1) is 10.2. The van der Waals surface area contributed by atoms with E-state index >= 15 is 0 Å². The van der Waals surface area contributed by atoms with Crippen LogP contribution in [0.4, 0.5) is 0 Å². The monoisotopic (exact) mass is 252 g/mol. The molecule has 1 N–H and O–H groups in total. The van der Waals surface area contributed by atoms with Gasteiger partial charge >= 0.3 is 0 Å². The van der Waals surface area contributed by atoms with Gasteiger partial charge in [0.05, 0.1) is 30.4 Å². The number of aromatic nitrogens is 2. The van der Waals surface area contributed by atoms with Gasteiger partial charge in [-0.3, -0.25) is 0 Å². The van der Waals surface area contributed by atoms with E-state index in [0.29, 0.717) is 17.4 Å². The minimum absolute atomic E-state index is 0.145. The molecule has 3 aliphatic rings. The maximum atomic E-state index is 10.3. The Morgan fingerprint density at radius 3 is 2.89 bits per heavy atom. The number of fused-ring (bicyclic) bond motifs is 3. The summed E-state index contributed by atoms with van der Waals surface area (Å²) in [5, 5.41) is 10.3. The van der Waals surface area contributed by atoms with Gasteiger partial charge in [0.2, 0.25) is 0 Å². The Bertz CT molecular complexity index is 671. The van der Waals surface area contributed by atoms with Crippen molar-refractivity contribution >= 4 is 0 Å². The van der Waals surface area contributed by atoms with E-state index in [1.165, 1.54) is 29.7 Å². The molecule has 2 aliphatic carbocycles. The van der Waals surface area contributed by atoms with Crippen molar-refractivity contribution in [3.8, 4) is 11.3 Å². The Balaban J connectivity index is 1.71. The summed E-state index contributed by atoms with van der Waals surface area (Å²) in [6.07, 6.45) is 7.31. The summed E-state index contributed by atoms with van der Waals surface area (Å²) in [5.41, 5.74) is 4.30. The van der Waals surface area contributed by atoms with Gasteiger partial charge in [-0.1, -0.05) is 24.3 Å². The van der Waals surface area contributed by atoms with Crippen LogP contribution in [0.1, 0.15) is 30.9 Å². The van der Waals surface area contributed by atoms with Crippen molar-refractivity contribution in [1.29, 1.82) is 0 Å². The summed E-state index contributed by atoms with van der Waals surface area (Å²) >= 11 is 0. The lowest BCUT2D eigenvalue weighted by atomic mass is 9.63. The molecule has 0 saturated heterocycles. The Morgan fingerprint density at radius 1 is 1.26 bits per heavy atom. The highest BCUT2D eigenvalue weighted by Crippen LogP contribution is 2.69. The van der Waals surface area contributed by atoms with E-state index in [1.807, 2.05) is 12.5 Å². The summed E-state index contributed by atoms with van der Waals surface area (Å²) in [7, 11) is 0. The molecule has 1 aromatic heterocycles. The van der Waals surface area contributed by atoms with Crippen LogP contribution in [-0.2, 0) is 0 Å². The summed E-state index contributed by atoms with van der Waals surface area (Å²) in [6, 6.07) is 8.88. The molecule has 96 valence electrons. The van der Waals surface area contributed by atoms with Crippen LogP contribution >= 0.6 is 0 Å². The van der Waals surface area contributed by atoms with Gasteiger partial charge in [0.1, 0.15) is 0 Å². The predicted octanol–water partition coefficient (Wildman–Crippen LogP) is 2.61. The molecule has 3 heteroatoms. The lowest BCUT2D eigenvalue weighted by molar-refractivity contribution is -0.0677. The predicted molar refractivity (Wildman–Crippen MR) is 71.6 cm³/mol. The molecule has 2 saturated carbocycles. The third-order valence-electron chi connectivity index (χ3n) is 5.49. The van der Waals surface area contributed by atoms with Crippen molar-refractivity contribution < 1.29 is 5.11 Å². The quantitative estimate of drug-likeness (QED) is 0.847. The fraction of sp³-hybridized carbons (Fsp3) is 0.438. The van der Waals surface area contributed by atoms with Gasteiger partial charge in [0.25, 0.3) is 0 Å². The number of rotatable bonds is 1. The van der Waals surface area contributed by atoms with Crippen LogP contribution in [-0.4, -0.2) is 20.8 Å².